The van der Waals surface area contributed by atoms with Gasteiger partial charge in [-0.05, 0) is 25.1 Å². The van der Waals surface area contributed by atoms with E-state index in [1.165, 1.54) is 0 Å². The summed E-state index contributed by atoms with van der Waals surface area (Å²) in [5.74, 6) is 0. The van der Waals surface area contributed by atoms with Gasteiger partial charge >= 0.3 is 0 Å². The van der Waals surface area contributed by atoms with E-state index < -0.39 is 0 Å². The highest BCUT2D eigenvalue weighted by Gasteiger charge is 1.93. The molecule has 2 nitrogen and oxygen atoms in total. The van der Waals surface area contributed by atoms with Crippen LogP contribution in [0.4, 0.5) is 5.69 Å². The van der Waals surface area contributed by atoms with Gasteiger partial charge in [0.25, 0.3) is 0 Å². The van der Waals surface area contributed by atoms with Crippen molar-refractivity contribution in [1.82, 2.24) is 4.98 Å². The molecular weight excluding hydrogens is 136 g/mol. The molecule has 11 heavy (non-hydrogen) atoms. The van der Waals surface area contributed by atoms with Crippen LogP contribution >= 0.6 is 0 Å². The summed E-state index contributed by atoms with van der Waals surface area (Å²) in [4.78, 5) is 4.19. The minimum atomic E-state index is 0.984. The number of hydrogen-bond acceptors (Lipinski definition) is 2. The van der Waals surface area contributed by atoms with Crippen LogP contribution < -0.4 is 5.32 Å². The smallest absolute Gasteiger partial charge is 0.0857 e. The van der Waals surface area contributed by atoms with Crippen LogP contribution in [0, 0.1) is 0 Å². The van der Waals surface area contributed by atoms with Crippen molar-refractivity contribution in [2.75, 3.05) is 12.4 Å². The molecule has 0 aliphatic rings. The quantitative estimate of drug-likeness (QED) is 0.695. The zero-order valence-corrected chi connectivity index (χ0v) is 6.83. The van der Waals surface area contributed by atoms with Crippen LogP contribution in [-0.4, -0.2) is 12.0 Å². The fourth-order valence-corrected chi connectivity index (χ4v) is 0.920. The molecule has 0 unspecified atom stereocenters. The SMILES string of the molecule is C/C=C\c1ncccc1NC. The van der Waals surface area contributed by atoms with E-state index in [9.17, 15) is 0 Å². The molecule has 0 saturated heterocycles. The summed E-state index contributed by atoms with van der Waals surface area (Å²) in [5.41, 5.74) is 2.04. The van der Waals surface area contributed by atoms with E-state index in [0.717, 1.165) is 11.4 Å². The Balaban J connectivity index is 3.02. The third kappa shape index (κ3) is 1.80. The molecule has 0 amide bonds. The zero-order valence-electron chi connectivity index (χ0n) is 6.83. The van der Waals surface area contributed by atoms with Crippen molar-refractivity contribution in [3.05, 3.63) is 30.1 Å². The molecule has 1 aromatic rings. The maximum absolute atomic E-state index is 4.19. The second-order valence-electron chi connectivity index (χ2n) is 2.19. The van der Waals surface area contributed by atoms with Gasteiger partial charge in [0, 0.05) is 13.2 Å². The minimum Gasteiger partial charge on any atom is -0.386 e. The molecule has 58 valence electrons. The van der Waals surface area contributed by atoms with E-state index >= 15 is 0 Å². The molecule has 1 aromatic heterocycles. The highest BCUT2D eigenvalue weighted by Crippen LogP contribution is 2.11. The Bertz CT molecular complexity index is 253. The first kappa shape index (κ1) is 7.79. The molecule has 1 rings (SSSR count). The van der Waals surface area contributed by atoms with Crippen LogP contribution in [0.3, 0.4) is 0 Å². The van der Waals surface area contributed by atoms with E-state index in [1.54, 1.807) is 6.20 Å². The van der Waals surface area contributed by atoms with Gasteiger partial charge in [0.05, 0.1) is 11.4 Å². The van der Waals surface area contributed by atoms with Crippen molar-refractivity contribution in [2.45, 2.75) is 6.92 Å². The number of hydrogen-bond donors (Lipinski definition) is 1. The Morgan fingerprint density at radius 1 is 1.55 bits per heavy atom. The number of rotatable bonds is 2. The highest BCUT2D eigenvalue weighted by molar-refractivity contribution is 5.62. The number of allylic oxidation sites excluding steroid dienone is 1. The fraction of sp³-hybridized carbons (Fsp3) is 0.222. The van der Waals surface area contributed by atoms with Crippen LogP contribution in [0.5, 0.6) is 0 Å². The van der Waals surface area contributed by atoms with Gasteiger partial charge in [-0.3, -0.25) is 4.98 Å². The van der Waals surface area contributed by atoms with Gasteiger partial charge < -0.3 is 5.32 Å². The standard InChI is InChI=1S/C9H12N2/c1-3-5-9-8(10-2)6-4-7-11-9/h3-7,10H,1-2H3/b5-3-. The average Bonchev–Trinajstić information content (AvgIpc) is 2.06. The Morgan fingerprint density at radius 3 is 3.00 bits per heavy atom. The average molecular weight is 148 g/mol. The van der Waals surface area contributed by atoms with Crippen molar-refractivity contribution in [1.29, 1.82) is 0 Å². The number of nitrogens with zero attached hydrogens (tertiary/aromatic N) is 1. The molecule has 1 N–H and O–H groups in total. The van der Waals surface area contributed by atoms with E-state index in [2.05, 4.69) is 10.3 Å². The summed E-state index contributed by atoms with van der Waals surface area (Å²) in [5, 5.41) is 3.07. The number of pyridine rings is 1. The first-order valence-electron chi connectivity index (χ1n) is 3.64. The van der Waals surface area contributed by atoms with Crippen molar-refractivity contribution in [3.8, 4) is 0 Å². The molecule has 0 aliphatic heterocycles. The number of anilines is 1. The van der Waals surface area contributed by atoms with Crippen molar-refractivity contribution < 1.29 is 0 Å². The summed E-state index contributed by atoms with van der Waals surface area (Å²) in [7, 11) is 1.89. The molecule has 0 atom stereocenters. The second kappa shape index (κ2) is 3.76. The van der Waals surface area contributed by atoms with Crippen molar-refractivity contribution in [2.24, 2.45) is 0 Å². The van der Waals surface area contributed by atoms with Crippen LogP contribution in [0.2, 0.25) is 0 Å². The number of aromatic nitrogens is 1. The topological polar surface area (TPSA) is 24.9 Å². The van der Waals surface area contributed by atoms with Gasteiger partial charge in [0.15, 0.2) is 0 Å². The summed E-state index contributed by atoms with van der Waals surface area (Å²) in [6.45, 7) is 1.98. The van der Waals surface area contributed by atoms with E-state index in [0.29, 0.717) is 0 Å². The summed E-state index contributed by atoms with van der Waals surface area (Å²) < 4.78 is 0. The van der Waals surface area contributed by atoms with Crippen molar-refractivity contribution >= 4 is 11.8 Å². The Hall–Kier alpha value is -1.31. The highest BCUT2D eigenvalue weighted by atomic mass is 14.9. The lowest BCUT2D eigenvalue weighted by Crippen LogP contribution is -1.92. The van der Waals surface area contributed by atoms with Crippen LogP contribution in [0.25, 0.3) is 6.08 Å². The van der Waals surface area contributed by atoms with E-state index in [-0.39, 0.29) is 0 Å². The molecule has 0 bridgehead atoms. The predicted molar refractivity (Wildman–Crippen MR) is 48.5 cm³/mol. The Kier molecular flexibility index (Phi) is 2.66. The zero-order chi connectivity index (χ0) is 8.10. The molecular formula is C9H12N2. The first-order valence-corrected chi connectivity index (χ1v) is 3.64. The van der Waals surface area contributed by atoms with Crippen LogP contribution in [0.1, 0.15) is 12.6 Å². The van der Waals surface area contributed by atoms with Gasteiger partial charge in [0.1, 0.15) is 0 Å². The molecule has 0 spiro atoms. The predicted octanol–water partition coefficient (Wildman–Crippen LogP) is 2.16. The Morgan fingerprint density at radius 2 is 2.36 bits per heavy atom. The van der Waals surface area contributed by atoms with Gasteiger partial charge in [-0.15, -0.1) is 0 Å². The summed E-state index contributed by atoms with van der Waals surface area (Å²) in [6, 6.07) is 3.92. The largest absolute Gasteiger partial charge is 0.386 e. The molecule has 0 saturated carbocycles. The normalized spacial score (nSPS) is 10.4. The monoisotopic (exact) mass is 148 g/mol. The Labute approximate surface area is 67.0 Å². The fourth-order valence-electron chi connectivity index (χ4n) is 0.920. The molecule has 0 fully saturated rings. The second-order valence-corrected chi connectivity index (χ2v) is 2.19. The molecule has 0 aromatic carbocycles. The van der Waals surface area contributed by atoms with Gasteiger partial charge in [0.2, 0.25) is 0 Å². The van der Waals surface area contributed by atoms with Gasteiger partial charge in [-0.1, -0.05) is 6.08 Å². The van der Waals surface area contributed by atoms with E-state index in [4.69, 9.17) is 0 Å². The lowest BCUT2D eigenvalue weighted by Gasteiger charge is -2.01. The van der Waals surface area contributed by atoms with Crippen LogP contribution in [-0.2, 0) is 0 Å². The minimum absolute atomic E-state index is 0.984. The summed E-state index contributed by atoms with van der Waals surface area (Å²) in [6.07, 6.45) is 5.74. The number of nitrogens with one attached hydrogen (secondary N) is 1. The maximum Gasteiger partial charge on any atom is 0.0857 e. The molecule has 0 radical (unpaired) electrons. The molecule has 2 heteroatoms. The maximum atomic E-state index is 4.19. The molecule has 1 heterocycles. The van der Waals surface area contributed by atoms with Crippen LogP contribution in [0.15, 0.2) is 24.4 Å². The first-order chi connectivity index (χ1) is 5.38. The summed E-state index contributed by atoms with van der Waals surface area (Å²) >= 11 is 0. The third-order valence-corrected chi connectivity index (χ3v) is 1.43. The lowest BCUT2D eigenvalue weighted by molar-refractivity contribution is 1.28. The van der Waals surface area contributed by atoms with Gasteiger partial charge in [-0.25, -0.2) is 0 Å². The van der Waals surface area contributed by atoms with Crippen molar-refractivity contribution in [3.63, 3.8) is 0 Å². The van der Waals surface area contributed by atoms with Gasteiger partial charge in [-0.2, -0.15) is 0 Å². The third-order valence-electron chi connectivity index (χ3n) is 1.43. The molecule has 0 aliphatic carbocycles. The van der Waals surface area contributed by atoms with E-state index in [1.807, 2.05) is 38.3 Å². The lowest BCUT2D eigenvalue weighted by atomic mass is 10.3.